The van der Waals surface area contributed by atoms with Gasteiger partial charge in [-0.2, -0.15) is 0 Å². The normalized spacial score (nSPS) is 12.0. The Morgan fingerprint density at radius 3 is 2.78 bits per heavy atom. The molecule has 0 aliphatic rings. The average molecular weight is 335 g/mol. The van der Waals surface area contributed by atoms with Crippen LogP contribution in [0, 0.1) is 4.77 Å². The first-order valence-corrected chi connectivity index (χ1v) is 7.46. The molecule has 122 valence electrons. The largest absolute Gasteiger partial charge is 0.464 e. The predicted molar refractivity (Wildman–Crippen MR) is 87.9 cm³/mol. The Balaban J connectivity index is 2.32. The van der Waals surface area contributed by atoms with Crippen LogP contribution in [0.3, 0.4) is 0 Å². The fourth-order valence-electron chi connectivity index (χ4n) is 2.05. The number of hydrogen-bond donors (Lipinski definition) is 2. The molecule has 0 aliphatic heterocycles. The summed E-state index contributed by atoms with van der Waals surface area (Å²) in [7, 11) is 1.57. The molecule has 0 saturated carbocycles. The van der Waals surface area contributed by atoms with E-state index in [-0.39, 0.29) is 16.9 Å². The molecule has 0 spiro atoms. The number of amides is 1. The third-order valence-electron chi connectivity index (χ3n) is 3.35. The van der Waals surface area contributed by atoms with Crippen LogP contribution in [0.2, 0.25) is 0 Å². The van der Waals surface area contributed by atoms with Crippen molar-refractivity contribution >= 4 is 35.0 Å². The average Bonchev–Trinajstić information content (AvgIpc) is 2.52. The van der Waals surface area contributed by atoms with E-state index in [1.54, 1.807) is 27.0 Å². The minimum atomic E-state index is -0.764. The molecule has 2 aromatic rings. The van der Waals surface area contributed by atoms with Crippen molar-refractivity contribution in [2.24, 2.45) is 7.05 Å². The highest BCUT2D eigenvalue weighted by molar-refractivity contribution is 7.71. The zero-order valence-electron chi connectivity index (χ0n) is 13.0. The van der Waals surface area contributed by atoms with E-state index >= 15 is 0 Å². The Bertz CT molecular complexity index is 884. The Labute approximate surface area is 137 Å². The number of carbonyl (C=O) groups excluding carboxylic acids is 2. The summed E-state index contributed by atoms with van der Waals surface area (Å²) < 4.78 is 6.42. The number of fused-ring (bicyclic) bond motifs is 1. The van der Waals surface area contributed by atoms with Gasteiger partial charge in [-0.15, -0.1) is 0 Å². The molecule has 0 unspecified atom stereocenters. The van der Waals surface area contributed by atoms with Crippen molar-refractivity contribution in [1.82, 2.24) is 14.9 Å². The number of nitrogens with zero attached hydrogens (tertiary/aromatic N) is 1. The molecule has 7 nitrogen and oxygen atoms in total. The number of ether oxygens (including phenoxy) is 1. The van der Waals surface area contributed by atoms with Crippen molar-refractivity contribution in [3.05, 3.63) is 38.9 Å². The second-order valence-electron chi connectivity index (χ2n) is 5.00. The number of esters is 1. The summed E-state index contributed by atoms with van der Waals surface area (Å²) >= 11 is 5.06. The number of H-pyrrole nitrogens is 1. The van der Waals surface area contributed by atoms with Crippen LogP contribution in [0.25, 0.3) is 10.9 Å². The number of aromatic amines is 1. The highest BCUT2D eigenvalue weighted by Gasteiger charge is 2.18. The van der Waals surface area contributed by atoms with Crippen molar-refractivity contribution in [2.45, 2.75) is 19.9 Å². The monoisotopic (exact) mass is 335 g/mol. The van der Waals surface area contributed by atoms with Gasteiger partial charge >= 0.3 is 5.97 Å². The van der Waals surface area contributed by atoms with Crippen LogP contribution in [0.15, 0.2) is 23.0 Å². The minimum Gasteiger partial charge on any atom is -0.464 e. The lowest BCUT2D eigenvalue weighted by molar-refractivity contribution is -0.144. The van der Waals surface area contributed by atoms with E-state index in [0.29, 0.717) is 16.5 Å². The molecule has 1 aromatic carbocycles. The molecule has 1 amide bonds. The highest BCUT2D eigenvalue weighted by atomic mass is 32.1. The lowest BCUT2D eigenvalue weighted by Gasteiger charge is -2.13. The maximum atomic E-state index is 12.2. The minimum absolute atomic E-state index is 0.240. The molecule has 1 atom stereocenters. The van der Waals surface area contributed by atoms with Gasteiger partial charge in [-0.3, -0.25) is 14.2 Å². The van der Waals surface area contributed by atoms with E-state index in [2.05, 4.69) is 10.3 Å². The number of hydrogen-bond acceptors (Lipinski definition) is 5. The number of benzene rings is 1. The molecule has 0 bridgehead atoms. The summed E-state index contributed by atoms with van der Waals surface area (Å²) in [5, 5.41) is 2.98. The fourth-order valence-corrected chi connectivity index (χ4v) is 2.25. The first-order valence-electron chi connectivity index (χ1n) is 7.05. The van der Waals surface area contributed by atoms with Gasteiger partial charge in [0.05, 0.1) is 17.5 Å². The lowest BCUT2D eigenvalue weighted by atomic mass is 10.1. The molecule has 1 heterocycles. The van der Waals surface area contributed by atoms with Gasteiger partial charge in [-0.05, 0) is 44.3 Å². The highest BCUT2D eigenvalue weighted by Crippen LogP contribution is 2.11. The van der Waals surface area contributed by atoms with E-state index in [1.807, 2.05) is 0 Å². The smallest absolute Gasteiger partial charge is 0.328 e. The summed E-state index contributed by atoms with van der Waals surface area (Å²) in [6.45, 7) is 3.48. The van der Waals surface area contributed by atoms with Crippen LogP contribution in [0.5, 0.6) is 0 Å². The predicted octanol–water partition coefficient (Wildman–Crippen LogP) is 1.28. The zero-order valence-corrected chi connectivity index (χ0v) is 13.8. The van der Waals surface area contributed by atoms with Crippen LogP contribution in [-0.2, 0) is 16.6 Å². The van der Waals surface area contributed by atoms with Crippen molar-refractivity contribution in [2.75, 3.05) is 6.61 Å². The van der Waals surface area contributed by atoms with Crippen LogP contribution in [0.4, 0.5) is 0 Å². The Hall–Kier alpha value is -2.48. The number of aromatic nitrogens is 2. The van der Waals surface area contributed by atoms with Crippen molar-refractivity contribution in [3.63, 3.8) is 0 Å². The fraction of sp³-hybridized carbons (Fsp3) is 0.333. The SMILES string of the molecule is CCOC(=O)[C@@H](C)NC(=O)c1ccc2c(=O)n(C)c(=S)[nH]c2c1. The molecule has 0 saturated heterocycles. The molecule has 0 aliphatic carbocycles. The molecule has 8 heteroatoms. The van der Waals surface area contributed by atoms with E-state index in [9.17, 15) is 14.4 Å². The lowest BCUT2D eigenvalue weighted by Crippen LogP contribution is -2.39. The van der Waals surface area contributed by atoms with Crippen molar-refractivity contribution in [3.8, 4) is 0 Å². The molecule has 0 fully saturated rings. The molecule has 2 rings (SSSR count). The number of rotatable bonds is 4. The maximum Gasteiger partial charge on any atom is 0.328 e. The molecule has 1 aromatic heterocycles. The van der Waals surface area contributed by atoms with Gasteiger partial charge in [0.15, 0.2) is 4.77 Å². The first kappa shape index (κ1) is 16.9. The van der Waals surface area contributed by atoms with Crippen molar-refractivity contribution < 1.29 is 14.3 Å². The summed E-state index contributed by atoms with van der Waals surface area (Å²) in [6.07, 6.45) is 0. The first-order chi connectivity index (χ1) is 10.8. The van der Waals surface area contributed by atoms with Crippen LogP contribution < -0.4 is 10.9 Å². The van der Waals surface area contributed by atoms with Gasteiger partial charge in [-0.1, -0.05) is 0 Å². The van der Waals surface area contributed by atoms with Gasteiger partial charge in [0.2, 0.25) is 0 Å². The van der Waals surface area contributed by atoms with Gasteiger partial charge in [0.25, 0.3) is 11.5 Å². The zero-order chi connectivity index (χ0) is 17.1. The van der Waals surface area contributed by atoms with E-state index in [1.165, 1.54) is 16.7 Å². The Kier molecular flexibility index (Phi) is 4.95. The van der Waals surface area contributed by atoms with Crippen LogP contribution >= 0.6 is 12.2 Å². The van der Waals surface area contributed by atoms with Crippen LogP contribution in [-0.4, -0.2) is 34.1 Å². The third kappa shape index (κ3) is 3.48. The summed E-state index contributed by atoms with van der Waals surface area (Å²) in [6, 6.07) is 3.83. The maximum absolute atomic E-state index is 12.2. The second-order valence-corrected chi connectivity index (χ2v) is 5.39. The van der Waals surface area contributed by atoms with E-state index in [0.717, 1.165) is 0 Å². The molecular formula is C15H17N3O4S. The van der Waals surface area contributed by atoms with Gasteiger partial charge in [0.1, 0.15) is 6.04 Å². The molecule has 2 N–H and O–H groups in total. The van der Waals surface area contributed by atoms with Gasteiger partial charge in [-0.25, -0.2) is 4.79 Å². The third-order valence-corrected chi connectivity index (χ3v) is 3.73. The Morgan fingerprint density at radius 2 is 2.13 bits per heavy atom. The van der Waals surface area contributed by atoms with Gasteiger partial charge < -0.3 is 15.0 Å². The van der Waals surface area contributed by atoms with E-state index < -0.39 is 17.9 Å². The second kappa shape index (κ2) is 6.74. The van der Waals surface area contributed by atoms with Gasteiger partial charge in [0, 0.05) is 12.6 Å². The van der Waals surface area contributed by atoms with Crippen molar-refractivity contribution in [1.29, 1.82) is 0 Å². The topological polar surface area (TPSA) is 93.2 Å². The standard InChI is InChI=1S/C15H17N3O4S/c1-4-22-14(21)8(2)16-12(19)9-5-6-10-11(7-9)17-15(23)18(3)13(10)20/h5-8H,4H2,1-3H3,(H,16,19)(H,17,23)/t8-/m1/s1. The molecule has 0 radical (unpaired) electrons. The molecular weight excluding hydrogens is 318 g/mol. The summed E-state index contributed by atoms with van der Waals surface area (Å²) in [5.41, 5.74) is 0.540. The summed E-state index contributed by atoms with van der Waals surface area (Å²) in [4.78, 5) is 38.7. The summed E-state index contributed by atoms with van der Waals surface area (Å²) in [5.74, 6) is -0.942. The molecule has 23 heavy (non-hydrogen) atoms. The van der Waals surface area contributed by atoms with Crippen LogP contribution in [0.1, 0.15) is 24.2 Å². The number of nitrogens with one attached hydrogen (secondary N) is 2. The number of carbonyl (C=O) groups is 2. The Morgan fingerprint density at radius 1 is 1.43 bits per heavy atom. The quantitative estimate of drug-likeness (QED) is 0.648. The van der Waals surface area contributed by atoms with E-state index in [4.69, 9.17) is 17.0 Å².